The Hall–Kier alpha value is -2.68. The fourth-order valence-corrected chi connectivity index (χ4v) is 4.00. The van der Waals surface area contributed by atoms with Crippen LogP contribution in [0.1, 0.15) is 48.9 Å². The standard InChI is InChI=1S/C18H25N.C6H6N2/c1-12-11-16(19)14(3)17(13(12)2)18(4,5)15-9-7-6-8-10-15;1-2-4-6-5(3-1)7-8-6/h7,9-11H,6,8,19H2,1-5H3;1-4,7-8H. The van der Waals surface area contributed by atoms with Crippen LogP contribution in [0.15, 0.2) is 54.1 Å². The van der Waals surface area contributed by atoms with Crippen molar-refractivity contribution in [2.75, 3.05) is 5.73 Å². The molecule has 0 saturated carbocycles. The Morgan fingerprint density at radius 3 is 2.04 bits per heavy atom. The van der Waals surface area contributed by atoms with Crippen molar-refractivity contribution in [2.24, 2.45) is 0 Å². The molecule has 1 heterocycles. The van der Waals surface area contributed by atoms with Gasteiger partial charge in [0.05, 0.1) is 11.0 Å². The number of H-pyrrole nitrogens is 2. The number of hydrogen-bond acceptors (Lipinski definition) is 1. The van der Waals surface area contributed by atoms with Crippen molar-refractivity contribution in [2.45, 2.75) is 52.9 Å². The molecule has 0 spiro atoms. The van der Waals surface area contributed by atoms with Crippen molar-refractivity contribution in [3.8, 4) is 0 Å². The lowest BCUT2D eigenvalue weighted by Gasteiger charge is -2.33. The van der Waals surface area contributed by atoms with Crippen LogP contribution in [-0.4, -0.2) is 10.2 Å². The van der Waals surface area contributed by atoms with Gasteiger partial charge in [0.1, 0.15) is 0 Å². The van der Waals surface area contributed by atoms with E-state index >= 15 is 0 Å². The third-order valence-corrected chi connectivity index (χ3v) is 5.75. The lowest BCUT2D eigenvalue weighted by molar-refractivity contribution is 0.621. The number of anilines is 1. The number of aromatic amines is 2. The minimum absolute atomic E-state index is 0.0191. The van der Waals surface area contributed by atoms with Gasteiger partial charge in [-0.15, -0.1) is 0 Å². The molecule has 0 atom stereocenters. The third-order valence-electron chi connectivity index (χ3n) is 5.75. The molecular weight excluding hydrogens is 330 g/mol. The summed E-state index contributed by atoms with van der Waals surface area (Å²) in [5.74, 6) is 0. The monoisotopic (exact) mass is 361 g/mol. The number of aryl methyl sites for hydroxylation is 1. The number of nitrogen functional groups attached to an aromatic ring is 1. The Morgan fingerprint density at radius 1 is 0.926 bits per heavy atom. The summed E-state index contributed by atoms with van der Waals surface area (Å²) in [4.78, 5) is 0. The Labute approximate surface area is 162 Å². The van der Waals surface area contributed by atoms with Gasteiger partial charge in [-0.3, -0.25) is 10.2 Å². The Bertz CT molecular complexity index is 940. The molecule has 4 rings (SSSR count). The van der Waals surface area contributed by atoms with E-state index in [4.69, 9.17) is 5.73 Å². The highest BCUT2D eigenvalue weighted by Crippen LogP contribution is 2.40. The number of nitrogens with one attached hydrogen (secondary N) is 2. The van der Waals surface area contributed by atoms with Crippen molar-refractivity contribution in [3.63, 3.8) is 0 Å². The Balaban J connectivity index is 0.000000216. The second-order valence-electron chi connectivity index (χ2n) is 7.97. The first-order valence-corrected chi connectivity index (χ1v) is 9.67. The summed E-state index contributed by atoms with van der Waals surface area (Å²) in [6.07, 6.45) is 9.24. The maximum Gasteiger partial charge on any atom is 0.0789 e. The van der Waals surface area contributed by atoms with Gasteiger partial charge < -0.3 is 5.73 Å². The molecular formula is C24H31N3. The molecule has 1 aliphatic carbocycles. The van der Waals surface area contributed by atoms with Crippen LogP contribution in [0.4, 0.5) is 5.69 Å². The molecule has 0 bridgehead atoms. The molecule has 0 unspecified atom stereocenters. The molecule has 0 radical (unpaired) electrons. The minimum Gasteiger partial charge on any atom is -0.398 e. The van der Waals surface area contributed by atoms with Crippen molar-refractivity contribution in [3.05, 3.63) is 76.4 Å². The zero-order chi connectivity index (χ0) is 19.6. The zero-order valence-electron chi connectivity index (χ0n) is 17.1. The van der Waals surface area contributed by atoms with E-state index in [1.807, 2.05) is 24.3 Å². The van der Waals surface area contributed by atoms with E-state index in [2.05, 4.69) is 69.1 Å². The number of allylic oxidation sites excluding steroid dienone is 4. The summed E-state index contributed by atoms with van der Waals surface area (Å²) < 4.78 is 0. The quantitative estimate of drug-likeness (QED) is 0.465. The Kier molecular flexibility index (Phi) is 5.31. The summed E-state index contributed by atoms with van der Waals surface area (Å²) in [5.41, 5.74) is 16.2. The van der Waals surface area contributed by atoms with Gasteiger partial charge in [0.2, 0.25) is 0 Å². The van der Waals surface area contributed by atoms with Gasteiger partial charge in [-0.05, 0) is 79.6 Å². The Morgan fingerprint density at radius 2 is 1.56 bits per heavy atom. The van der Waals surface area contributed by atoms with Crippen LogP contribution in [0.25, 0.3) is 11.0 Å². The van der Waals surface area contributed by atoms with Crippen molar-refractivity contribution in [1.82, 2.24) is 10.2 Å². The molecule has 3 nitrogen and oxygen atoms in total. The van der Waals surface area contributed by atoms with E-state index < -0.39 is 0 Å². The second-order valence-corrected chi connectivity index (χ2v) is 7.97. The van der Waals surface area contributed by atoms with E-state index in [0.717, 1.165) is 18.5 Å². The maximum absolute atomic E-state index is 6.18. The predicted molar refractivity (Wildman–Crippen MR) is 117 cm³/mol. The minimum atomic E-state index is 0.0191. The molecule has 1 aromatic heterocycles. The molecule has 27 heavy (non-hydrogen) atoms. The molecule has 0 amide bonds. The molecule has 1 aliphatic rings. The molecule has 0 aliphatic heterocycles. The average Bonchev–Trinajstić information content (AvgIpc) is 2.63. The fraction of sp³-hybridized carbons (Fsp3) is 0.333. The number of rotatable bonds is 2. The molecule has 0 fully saturated rings. The van der Waals surface area contributed by atoms with E-state index in [9.17, 15) is 0 Å². The number of hydrogen-bond donors (Lipinski definition) is 3. The highest BCUT2D eigenvalue weighted by molar-refractivity contribution is 5.75. The van der Waals surface area contributed by atoms with Crippen molar-refractivity contribution in [1.29, 1.82) is 0 Å². The number of nitrogens with two attached hydrogens (primary N) is 1. The number of para-hydroxylation sites is 2. The molecule has 2 aromatic carbocycles. The van der Waals surface area contributed by atoms with E-state index in [1.54, 1.807) is 0 Å². The first-order chi connectivity index (χ1) is 12.8. The van der Waals surface area contributed by atoms with Gasteiger partial charge >= 0.3 is 0 Å². The van der Waals surface area contributed by atoms with Crippen LogP contribution >= 0.6 is 0 Å². The van der Waals surface area contributed by atoms with Crippen LogP contribution in [-0.2, 0) is 5.41 Å². The van der Waals surface area contributed by atoms with Crippen LogP contribution in [0.5, 0.6) is 0 Å². The summed E-state index contributed by atoms with van der Waals surface area (Å²) in [7, 11) is 0. The average molecular weight is 362 g/mol. The van der Waals surface area contributed by atoms with Gasteiger partial charge in [0.15, 0.2) is 0 Å². The molecule has 4 N–H and O–H groups in total. The normalized spacial score (nSPS) is 14.0. The van der Waals surface area contributed by atoms with E-state index in [-0.39, 0.29) is 5.41 Å². The second kappa shape index (κ2) is 7.51. The van der Waals surface area contributed by atoms with Crippen molar-refractivity contribution < 1.29 is 0 Å². The number of aromatic nitrogens is 2. The first-order valence-electron chi connectivity index (χ1n) is 9.67. The molecule has 0 saturated heterocycles. The smallest absolute Gasteiger partial charge is 0.0789 e. The third kappa shape index (κ3) is 3.73. The van der Waals surface area contributed by atoms with Gasteiger partial charge in [0.25, 0.3) is 0 Å². The summed E-state index contributed by atoms with van der Waals surface area (Å²) in [6.45, 7) is 11.1. The first kappa shape index (κ1) is 19.1. The SMILES string of the molecule is Cc1cc(N)c(C)c(C(C)(C)C2=CCCC=C2)c1C.c1ccc2[nH][nH]c2c1. The summed E-state index contributed by atoms with van der Waals surface area (Å²) in [5, 5.41) is 5.88. The molecule has 3 heteroatoms. The van der Waals surface area contributed by atoms with Crippen LogP contribution in [0.3, 0.4) is 0 Å². The molecule has 142 valence electrons. The lowest BCUT2D eigenvalue weighted by Crippen LogP contribution is -2.24. The van der Waals surface area contributed by atoms with Gasteiger partial charge in [-0.2, -0.15) is 0 Å². The maximum atomic E-state index is 6.18. The van der Waals surface area contributed by atoms with Crippen LogP contribution in [0.2, 0.25) is 0 Å². The largest absolute Gasteiger partial charge is 0.398 e. The highest BCUT2D eigenvalue weighted by Gasteiger charge is 2.29. The highest BCUT2D eigenvalue weighted by atomic mass is 15.1. The fourth-order valence-electron chi connectivity index (χ4n) is 4.00. The summed E-state index contributed by atoms with van der Waals surface area (Å²) in [6, 6.07) is 10.2. The van der Waals surface area contributed by atoms with E-state index in [1.165, 1.54) is 38.9 Å². The van der Waals surface area contributed by atoms with Crippen molar-refractivity contribution >= 4 is 16.7 Å². The van der Waals surface area contributed by atoms with Gasteiger partial charge in [0, 0.05) is 11.1 Å². The number of benzene rings is 2. The van der Waals surface area contributed by atoms with E-state index in [0.29, 0.717) is 0 Å². The topological polar surface area (TPSA) is 57.6 Å². The van der Waals surface area contributed by atoms with Crippen LogP contribution in [0, 0.1) is 20.8 Å². The zero-order valence-corrected chi connectivity index (χ0v) is 17.1. The van der Waals surface area contributed by atoms with Crippen LogP contribution < -0.4 is 5.73 Å². The van der Waals surface area contributed by atoms with Gasteiger partial charge in [-0.25, -0.2) is 0 Å². The number of fused-ring (bicyclic) bond motifs is 1. The lowest BCUT2D eigenvalue weighted by atomic mass is 9.71. The predicted octanol–water partition coefficient (Wildman–Crippen LogP) is 6.24. The van der Waals surface area contributed by atoms with Gasteiger partial charge in [-0.1, -0.05) is 44.2 Å². The summed E-state index contributed by atoms with van der Waals surface area (Å²) >= 11 is 0. The molecule has 3 aromatic rings.